The molecule has 88 valence electrons. The number of nitrogens with zero attached hydrogens (tertiary/aromatic N) is 1. The Hall–Kier alpha value is -0.650. The maximum Gasteiger partial charge on any atom is 0.317 e. The van der Waals surface area contributed by atoms with Gasteiger partial charge in [0.05, 0.1) is 12.6 Å². The molecule has 5 heteroatoms. The SMILES string of the molecule is CCC(O)C1CC(N)CN(CC(=O)O)C1. The highest BCUT2D eigenvalue weighted by Crippen LogP contribution is 2.20. The molecule has 0 bridgehead atoms. The second-order valence-corrected chi connectivity index (χ2v) is 4.32. The van der Waals surface area contributed by atoms with Gasteiger partial charge < -0.3 is 15.9 Å². The first-order chi connectivity index (χ1) is 7.02. The second kappa shape index (κ2) is 5.44. The summed E-state index contributed by atoms with van der Waals surface area (Å²) in [7, 11) is 0. The molecule has 15 heavy (non-hydrogen) atoms. The highest BCUT2D eigenvalue weighted by atomic mass is 16.4. The number of carbonyl (C=O) groups is 1. The van der Waals surface area contributed by atoms with Gasteiger partial charge in [0.2, 0.25) is 0 Å². The van der Waals surface area contributed by atoms with Crippen molar-refractivity contribution in [1.29, 1.82) is 0 Å². The molecule has 1 rings (SSSR count). The summed E-state index contributed by atoms with van der Waals surface area (Å²) in [5, 5.41) is 18.4. The first kappa shape index (κ1) is 12.4. The minimum atomic E-state index is -0.839. The van der Waals surface area contributed by atoms with Gasteiger partial charge in [0.1, 0.15) is 0 Å². The van der Waals surface area contributed by atoms with Gasteiger partial charge in [-0.1, -0.05) is 6.92 Å². The summed E-state index contributed by atoms with van der Waals surface area (Å²) in [5.41, 5.74) is 5.84. The normalized spacial score (nSPS) is 30.1. The molecular formula is C10H20N2O3. The van der Waals surface area contributed by atoms with E-state index in [1.165, 1.54) is 0 Å². The molecule has 1 aliphatic rings. The van der Waals surface area contributed by atoms with E-state index in [0.29, 0.717) is 19.5 Å². The molecule has 1 fully saturated rings. The standard InChI is InChI=1S/C10H20N2O3/c1-2-9(13)7-3-8(11)5-12(4-7)6-10(14)15/h7-9,13H,2-6,11H2,1H3,(H,14,15). The van der Waals surface area contributed by atoms with Crippen LogP contribution in [-0.2, 0) is 4.79 Å². The van der Waals surface area contributed by atoms with E-state index in [2.05, 4.69) is 0 Å². The Bertz CT molecular complexity index is 223. The Labute approximate surface area is 89.9 Å². The average Bonchev–Trinajstić information content (AvgIpc) is 2.14. The molecular weight excluding hydrogens is 196 g/mol. The topological polar surface area (TPSA) is 86.8 Å². The molecule has 3 unspecified atom stereocenters. The Kier molecular flexibility index (Phi) is 4.50. The first-order valence-corrected chi connectivity index (χ1v) is 5.40. The summed E-state index contributed by atoms with van der Waals surface area (Å²) in [5.74, 6) is -0.730. The number of carboxylic acids is 1. The van der Waals surface area contributed by atoms with Crippen molar-refractivity contribution < 1.29 is 15.0 Å². The Balaban J connectivity index is 2.51. The lowest BCUT2D eigenvalue weighted by Gasteiger charge is -2.37. The predicted molar refractivity (Wildman–Crippen MR) is 56.5 cm³/mol. The number of aliphatic hydroxyl groups is 1. The zero-order chi connectivity index (χ0) is 11.4. The van der Waals surface area contributed by atoms with Crippen LogP contribution in [0.1, 0.15) is 19.8 Å². The average molecular weight is 216 g/mol. The summed E-state index contributed by atoms with van der Waals surface area (Å²) < 4.78 is 0. The van der Waals surface area contributed by atoms with Crippen LogP contribution in [0.4, 0.5) is 0 Å². The van der Waals surface area contributed by atoms with Crippen molar-refractivity contribution in [2.75, 3.05) is 19.6 Å². The van der Waals surface area contributed by atoms with Crippen LogP contribution in [0.25, 0.3) is 0 Å². The number of piperidine rings is 1. The van der Waals surface area contributed by atoms with Gasteiger partial charge in [-0.25, -0.2) is 0 Å². The lowest BCUT2D eigenvalue weighted by molar-refractivity contribution is -0.139. The van der Waals surface area contributed by atoms with Gasteiger partial charge >= 0.3 is 5.97 Å². The van der Waals surface area contributed by atoms with E-state index >= 15 is 0 Å². The van der Waals surface area contributed by atoms with Crippen molar-refractivity contribution in [2.24, 2.45) is 11.7 Å². The van der Waals surface area contributed by atoms with Crippen LogP contribution in [0.15, 0.2) is 0 Å². The van der Waals surface area contributed by atoms with Crippen molar-refractivity contribution in [2.45, 2.75) is 31.9 Å². The molecule has 4 N–H and O–H groups in total. The molecule has 0 spiro atoms. The minimum absolute atomic E-state index is 0.0145. The van der Waals surface area contributed by atoms with E-state index in [9.17, 15) is 9.90 Å². The largest absolute Gasteiger partial charge is 0.480 e. The number of aliphatic carboxylic acids is 1. The number of aliphatic hydroxyl groups excluding tert-OH is 1. The molecule has 0 aliphatic carbocycles. The fraction of sp³-hybridized carbons (Fsp3) is 0.900. The van der Waals surface area contributed by atoms with E-state index in [0.717, 1.165) is 6.42 Å². The first-order valence-electron chi connectivity index (χ1n) is 5.40. The van der Waals surface area contributed by atoms with Gasteiger partial charge in [-0.3, -0.25) is 9.69 Å². The zero-order valence-electron chi connectivity index (χ0n) is 9.09. The maximum atomic E-state index is 10.6. The quantitative estimate of drug-likeness (QED) is 0.589. The Morgan fingerprint density at radius 1 is 1.60 bits per heavy atom. The van der Waals surface area contributed by atoms with Gasteiger partial charge in [-0.05, 0) is 18.8 Å². The van der Waals surface area contributed by atoms with Crippen LogP contribution in [0.5, 0.6) is 0 Å². The van der Waals surface area contributed by atoms with Crippen molar-refractivity contribution in [3.8, 4) is 0 Å². The Morgan fingerprint density at radius 3 is 2.80 bits per heavy atom. The second-order valence-electron chi connectivity index (χ2n) is 4.32. The molecule has 5 nitrogen and oxygen atoms in total. The van der Waals surface area contributed by atoms with Crippen LogP contribution < -0.4 is 5.73 Å². The molecule has 1 aliphatic heterocycles. The predicted octanol–water partition coefficient (Wildman–Crippen LogP) is -0.509. The number of hydrogen-bond donors (Lipinski definition) is 3. The molecule has 0 aromatic carbocycles. The summed E-state index contributed by atoms with van der Waals surface area (Å²) in [6.07, 6.45) is 1.11. The summed E-state index contributed by atoms with van der Waals surface area (Å²) in [6, 6.07) is -0.0238. The highest BCUT2D eigenvalue weighted by Gasteiger charge is 2.29. The number of carboxylic acid groups (broad SMARTS) is 1. The maximum absolute atomic E-state index is 10.6. The van der Waals surface area contributed by atoms with Crippen molar-refractivity contribution in [1.82, 2.24) is 4.90 Å². The van der Waals surface area contributed by atoms with Gasteiger partial charge in [0.25, 0.3) is 0 Å². The smallest absolute Gasteiger partial charge is 0.317 e. The number of rotatable bonds is 4. The monoisotopic (exact) mass is 216 g/mol. The molecule has 3 atom stereocenters. The molecule has 1 heterocycles. The number of hydrogen-bond acceptors (Lipinski definition) is 4. The van der Waals surface area contributed by atoms with Crippen LogP contribution in [0, 0.1) is 5.92 Å². The molecule has 0 amide bonds. The third-order valence-corrected chi connectivity index (χ3v) is 2.91. The Morgan fingerprint density at radius 2 is 2.27 bits per heavy atom. The van der Waals surface area contributed by atoms with Crippen molar-refractivity contribution in [3.05, 3.63) is 0 Å². The molecule has 0 radical (unpaired) electrons. The van der Waals surface area contributed by atoms with Crippen molar-refractivity contribution in [3.63, 3.8) is 0 Å². The summed E-state index contributed by atoms with van der Waals surface area (Å²) in [6.45, 7) is 3.18. The molecule has 1 saturated heterocycles. The number of nitrogens with two attached hydrogens (primary N) is 1. The van der Waals surface area contributed by atoms with E-state index in [1.807, 2.05) is 6.92 Å². The fourth-order valence-electron chi connectivity index (χ4n) is 2.21. The van der Waals surface area contributed by atoms with Gasteiger partial charge in [0.15, 0.2) is 0 Å². The van der Waals surface area contributed by atoms with Crippen LogP contribution in [0.3, 0.4) is 0 Å². The molecule has 0 aromatic rings. The lowest BCUT2D eigenvalue weighted by atomic mass is 9.89. The fourth-order valence-corrected chi connectivity index (χ4v) is 2.21. The third kappa shape index (κ3) is 3.77. The van der Waals surface area contributed by atoms with E-state index in [4.69, 9.17) is 10.8 Å². The van der Waals surface area contributed by atoms with Gasteiger partial charge in [-0.15, -0.1) is 0 Å². The van der Waals surface area contributed by atoms with Crippen molar-refractivity contribution >= 4 is 5.97 Å². The zero-order valence-corrected chi connectivity index (χ0v) is 9.09. The summed E-state index contributed by atoms with van der Waals surface area (Å²) in [4.78, 5) is 12.4. The highest BCUT2D eigenvalue weighted by molar-refractivity contribution is 5.69. The summed E-state index contributed by atoms with van der Waals surface area (Å²) >= 11 is 0. The van der Waals surface area contributed by atoms with Gasteiger partial charge in [0, 0.05) is 19.1 Å². The lowest BCUT2D eigenvalue weighted by Crippen LogP contribution is -2.51. The number of likely N-dealkylation sites (tertiary alicyclic amines) is 1. The molecule has 0 saturated carbocycles. The van der Waals surface area contributed by atoms with E-state index in [1.54, 1.807) is 4.90 Å². The van der Waals surface area contributed by atoms with E-state index < -0.39 is 5.97 Å². The van der Waals surface area contributed by atoms with Crippen LogP contribution >= 0.6 is 0 Å². The van der Waals surface area contributed by atoms with E-state index in [-0.39, 0.29) is 24.6 Å². The van der Waals surface area contributed by atoms with Crippen LogP contribution in [-0.4, -0.2) is 52.9 Å². The minimum Gasteiger partial charge on any atom is -0.480 e. The van der Waals surface area contributed by atoms with Gasteiger partial charge in [-0.2, -0.15) is 0 Å². The van der Waals surface area contributed by atoms with Crippen LogP contribution in [0.2, 0.25) is 0 Å². The molecule has 0 aromatic heterocycles. The third-order valence-electron chi connectivity index (χ3n) is 2.91.